The highest BCUT2D eigenvalue weighted by Crippen LogP contribution is 2.58. The summed E-state index contributed by atoms with van der Waals surface area (Å²) in [6, 6.07) is 3.56. The number of nitrogens with zero attached hydrogens (tertiary/aromatic N) is 1. The molecule has 3 rings (SSSR count). The molecule has 0 radical (unpaired) electrons. The highest BCUT2D eigenvalue weighted by atomic mass is 19.4. The summed E-state index contributed by atoms with van der Waals surface area (Å²) in [6.45, 7) is 1.94. The van der Waals surface area contributed by atoms with Crippen molar-refractivity contribution in [2.24, 2.45) is 5.41 Å². The molecule has 1 aliphatic heterocycles. The molecular formula is C18H21F4N3O2. The molecule has 2 aliphatic rings. The van der Waals surface area contributed by atoms with Crippen molar-refractivity contribution in [2.75, 3.05) is 18.4 Å². The third kappa shape index (κ3) is 4.01. The molecule has 0 unspecified atom stereocenters. The Morgan fingerprint density at radius 2 is 1.81 bits per heavy atom. The fourth-order valence-electron chi connectivity index (χ4n) is 3.30. The van der Waals surface area contributed by atoms with Gasteiger partial charge in [-0.05, 0) is 50.3 Å². The van der Waals surface area contributed by atoms with E-state index in [1.54, 1.807) is 19.1 Å². The number of anilines is 1. The first-order valence-corrected chi connectivity index (χ1v) is 8.82. The first kappa shape index (κ1) is 19.4. The second-order valence-electron chi connectivity index (χ2n) is 7.21. The van der Waals surface area contributed by atoms with E-state index in [9.17, 15) is 27.2 Å². The van der Waals surface area contributed by atoms with Crippen LogP contribution in [0.25, 0.3) is 0 Å². The van der Waals surface area contributed by atoms with Crippen LogP contribution in [0.15, 0.2) is 18.2 Å². The van der Waals surface area contributed by atoms with Gasteiger partial charge in [-0.1, -0.05) is 6.07 Å². The van der Waals surface area contributed by atoms with Crippen LogP contribution in [-0.4, -0.2) is 42.1 Å². The molecule has 27 heavy (non-hydrogen) atoms. The molecule has 1 aromatic carbocycles. The van der Waals surface area contributed by atoms with E-state index >= 15 is 0 Å². The third-order valence-corrected chi connectivity index (χ3v) is 5.25. The average Bonchev–Trinajstić information content (AvgIpc) is 3.40. The van der Waals surface area contributed by atoms with Crippen LogP contribution >= 0.6 is 0 Å². The predicted molar refractivity (Wildman–Crippen MR) is 90.6 cm³/mol. The number of carbonyl (C=O) groups excluding carboxylic acids is 2. The molecule has 3 amide bonds. The lowest BCUT2D eigenvalue weighted by Gasteiger charge is -2.35. The van der Waals surface area contributed by atoms with Crippen molar-refractivity contribution >= 4 is 17.6 Å². The normalized spacial score (nSPS) is 19.5. The van der Waals surface area contributed by atoms with Crippen molar-refractivity contribution in [3.05, 3.63) is 29.6 Å². The molecule has 9 heteroatoms. The summed E-state index contributed by atoms with van der Waals surface area (Å²) in [5.41, 5.74) is -1.42. The Labute approximate surface area is 154 Å². The fourth-order valence-corrected chi connectivity index (χ4v) is 3.30. The van der Waals surface area contributed by atoms with Gasteiger partial charge >= 0.3 is 12.2 Å². The maximum atomic E-state index is 13.5. The van der Waals surface area contributed by atoms with E-state index in [0.717, 1.165) is 0 Å². The van der Waals surface area contributed by atoms with Crippen molar-refractivity contribution < 1.29 is 27.2 Å². The quantitative estimate of drug-likeness (QED) is 0.779. The van der Waals surface area contributed by atoms with E-state index in [2.05, 4.69) is 10.6 Å². The highest BCUT2D eigenvalue weighted by molar-refractivity contribution is 5.89. The Balaban J connectivity index is 1.49. The number of alkyl halides is 3. The van der Waals surface area contributed by atoms with Crippen LogP contribution in [0.1, 0.15) is 31.2 Å². The number of likely N-dealkylation sites (tertiary alicyclic amines) is 1. The number of benzene rings is 1. The van der Waals surface area contributed by atoms with Gasteiger partial charge in [0.2, 0.25) is 5.91 Å². The molecule has 1 heterocycles. The molecule has 148 valence electrons. The number of amides is 3. The van der Waals surface area contributed by atoms with Crippen LogP contribution in [0.5, 0.6) is 0 Å². The largest absolute Gasteiger partial charge is 0.403 e. The Morgan fingerprint density at radius 3 is 2.33 bits per heavy atom. The second-order valence-corrected chi connectivity index (χ2v) is 7.21. The first-order chi connectivity index (χ1) is 12.6. The topological polar surface area (TPSA) is 61.4 Å². The zero-order valence-corrected chi connectivity index (χ0v) is 14.8. The van der Waals surface area contributed by atoms with E-state index in [-0.39, 0.29) is 32.0 Å². The minimum Gasteiger partial charge on any atom is -0.342 e. The number of urea groups is 1. The maximum Gasteiger partial charge on any atom is 0.403 e. The van der Waals surface area contributed by atoms with Crippen LogP contribution in [0.2, 0.25) is 0 Å². The molecule has 1 saturated carbocycles. The maximum absolute atomic E-state index is 13.5. The number of nitrogens with one attached hydrogen (secondary N) is 2. The van der Waals surface area contributed by atoms with Gasteiger partial charge in [0.1, 0.15) is 11.2 Å². The van der Waals surface area contributed by atoms with E-state index in [0.29, 0.717) is 24.1 Å². The third-order valence-electron chi connectivity index (χ3n) is 5.25. The summed E-state index contributed by atoms with van der Waals surface area (Å²) in [7, 11) is 0. The molecule has 2 fully saturated rings. The summed E-state index contributed by atoms with van der Waals surface area (Å²) < 4.78 is 52.7. The molecule has 0 bridgehead atoms. The predicted octanol–water partition coefficient (Wildman–Crippen LogP) is 3.59. The fraction of sp³-hybridized carbons (Fsp3) is 0.556. The van der Waals surface area contributed by atoms with Crippen molar-refractivity contribution in [3.8, 4) is 0 Å². The molecule has 0 aromatic heterocycles. The molecule has 2 N–H and O–H groups in total. The second kappa shape index (κ2) is 7.01. The zero-order valence-electron chi connectivity index (χ0n) is 14.8. The van der Waals surface area contributed by atoms with Crippen molar-refractivity contribution in [2.45, 2.75) is 44.8 Å². The standard InChI is InChI=1S/C18H21F4N3O2/c1-11-2-3-13(10-14(11)19)24-16(27)23-12-4-8-25(9-5-12)15(26)17(6-7-17)18(20,21)22/h2-3,10,12H,4-9H2,1H3,(H2,23,24,27). The van der Waals surface area contributed by atoms with Crippen LogP contribution in [0, 0.1) is 18.2 Å². The Kier molecular flexibility index (Phi) is 5.05. The van der Waals surface area contributed by atoms with Crippen LogP contribution in [0.4, 0.5) is 28.0 Å². The van der Waals surface area contributed by atoms with Gasteiger partial charge in [0.15, 0.2) is 0 Å². The van der Waals surface area contributed by atoms with Gasteiger partial charge in [0, 0.05) is 24.8 Å². The van der Waals surface area contributed by atoms with Crippen molar-refractivity contribution in [3.63, 3.8) is 0 Å². The molecule has 1 aromatic rings. The van der Waals surface area contributed by atoms with Crippen LogP contribution < -0.4 is 10.6 Å². The molecule has 1 saturated heterocycles. The number of carbonyl (C=O) groups is 2. The molecule has 5 nitrogen and oxygen atoms in total. The smallest absolute Gasteiger partial charge is 0.342 e. The van der Waals surface area contributed by atoms with Crippen molar-refractivity contribution in [1.82, 2.24) is 10.2 Å². The van der Waals surface area contributed by atoms with Gasteiger partial charge in [0.25, 0.3) is 0 Å². The molecule has 0 spiro atoms. The van der Waals surface area contributed by atoms with Gasteiger partial charge in [-0.2, -0.15) is 13.2 Å². The highest BCUT2D eigenvalue weighted by Gasteiger charge is 2.69. The summed E-state index contributed by atoms with van der Waals surface area (Å²) >= 11 is 0. The number of hydrogen-bond acceptors (Lipinski definition) is 2. The summed E-state index contributed by atoms with van der Waals surface area (Å²) in [6.07, 6.45) is -4.07. The van der Waals surface area contributed by atoms with E-state index in [1.807, 2.05) is 0 Å². The lowest BCUT2D eigenvalue weighted by Crippen LogP contribution is -2.51. The lowest BCUT2D eigenvalue weighted by molar-refractivity contribution is -0.199. The lowest BCUT2D eigenvalue weighted by atomic mass is 10.00. The number of aryl methyl sites for hydroxylation is 1. The summed E-state index contributed by atoms with van der Waals surface area (Å²) in [4.78, 5) is 25.5. The van der Waals surface area contributed by atoms with Gasteiger partial charge in [-0.3, -0.25) is 4.79 Å². The van der Waals surface area contributed by atoms with Gasteiger partial charge in [0.05, 0.1) is 0 Å². The number of hydrogen-bond donors (Lipinski definition) is 2. The van der Waals surface area contributed by atoms with E-state index in [1.165, 1.54) is 11.0 Å². The summed E-state index contributed by atoms with van der Waals surface area (Å²) in [5, 5.41) is 5.24. The molecular weight excluding hydrogens is 366 g/mol. The van der Waals surface area contributed by atoms with Gasteiger partial charge in [-0.15, -0.1) is 0 Å². The molecule has 1 aliphatic carbocycles. The van der Waals surface area contributed by atoms with Crippen LogP contribution in [0.3, 0.4) is 0 Å². The van der Waals surface area contributed by atoms with Crippen LogP contribution in [-0.2, 0) is 4.79 Å². The number of halogens is 4. The van der Waals surface area contributed by atoms with Gasteiger partial charge in [-0.25, -0.2) is 9.18 Å². The first-order valence-electron chi connectivity index (χ1n) is 8.82. The average molecular weight is 387 g/mol. The SMILES string of the molecule is Cc1ccc(NC(=O)NC2CCN(C(=O)C3(C(F)(F)F)CC3)CC2)cc1F. The minimum absolute atomic E-state index is 0.150. The minimum atomic E-state index is -4.51. The Hall–Kier alpha value is -2.32. The van der Waals surface area contributed by atoms with E-state index < -0.39 is 29.3 Å². The molecule has 0 atom stereocenters. The van der Waals surface area contributed by atoms with Gasteiger partial charge < -0.3 is 15.5 Å². The number of piperidine rings is 1. The van der Waals surface area contributed by atoms with Crippen molar-refractivity contribution in [1.29, 1.82) is 0 Å². The van der Waals surface area contributed by atoms with E-state index in [4.69, 9.17) is 0 Å². The monoisotopic (exact) mass is 387 g/mol. The number of rotatable bonds is 3. The Bertz CT molecular complexity index is 739. The summed E-state index contributed by atoms with van der Waals surface area (Å²) in [5.74, 6) is -1.29. The zero-order chi connectivity index (χ0) is 19.8. The Morgan fingerprint density at radius 1 is 1.19 bits per heavy atom.